The summed E-state index contributed by atoms with van der Waals surface area (Å²) >= 11 is 0. The molecule has 2 fully saturated rings. The van der Waals surface area contributed by atoms with Gasteiger partial charge in [0, 0.05) is 31.9 Å². The van der Waals surface area contributed by atoms with Gasteiger partial charge in [0.05, 0.1) is 24.8 Å². The van der Waals surface area contributed by atoms with E-state index in [9.17, 15) is 20.1 Å². The summed E-state index contributed by atoms with van der Waals surface area (Å²) in [5, 5.41) is 50.7. The van der Waals surface area contributed by atoms with E-state index in [1.54, 1.807) is 34.0 Å². The van der Waals surface area contributed by atoms with Gasteiger partial charge < -0.3 is 40.5 Å². The van der Waals surface area contributed by atoms with E-state index in [2.05, 4.69) is 36.0 Å². The van der Waals surface area contributed by atoms with Gasteiger partial charge in [0.25, 0.3) is 0 Å². The Bertz CT molecular complexity index is 1870. The molecule has 0 bridgehead atoms. The van der Waals surface area contributed by atoms with Crippen LogP contribution in [0.2, 0.25) is 0 Å². The standard InChI is InChI=1S/C31H37N13O5/c1-2-44-39-26(38-40-44)25-23(46)24(47)29(49-25)43-17-33-22-27(42(18-45)13-10-19-7-4-3-5-8-19)36-30(37-28(22)43)41-14-11-21(16-41)35-31(48)34-20-9-6-12-32-15-20/h3-9,12,15,17,21,23-25,29,45-47H,2,10-11,13-14,16,18H2,1H3,(H2,34,35,48)/t21-,23+,24-,25+,29-/m1/s1. The quantitative estimate of drug-likeness (QED) is 0.122. The van der Waals surface area contributed by atoms with Crippen molar-refractivity contribution in [3.63, 3.8) is 0 Å². The van der Waals surface area contributed by atoms with Crippen molar-refractivity contribution in [1.29, 1.82) is 0 Å². The van der Waals surface area contributed by atoms with Crippen molar-refractivity contribution < 1.29 is 24.9 Å². The summed E-state index contributed by atoms with van der Waals surface area (Å²) in [6.07, 6.45) is 1.08. The lowest BCUT2D eigenvalue weighted by atomic mass is 10.1. The van der Waals surface area contributed by atoms with Gasteiger partial charge in [-0.2, -0.15) is 14.8 Å². The van der Waals surface area contributed by atoms with Crippen LogP contribution in [0.5, 0.6) is 0 Å². The Morgan fingerprint density at radius 2 is 1.98 bits per heavy atom. The number of hydrogen-bond donors (Lipinski definition) is 5. The summed E-state index contributed by atoms with van der Waals surface area (Å²) in [4.78, 5) is 36.1. The lowest BCUT2D eigenvalue weighted by molar-refractivity contribution is -0.0384. The normalized spacial score (nSPS) is 22.1. The maximum absolute atomic E-state index is 12.7. The molecule has 2 aliphatic rings. The number of urea groups is 1. The lowest BCUT2D eigenvalue weighted by Gasteiger charge is -2.24. The van der Waals surface area contributed by atoms with Crippen LogP contribution in [0.4, 0.5) is 22.2 Å². The lowest BCUT2D eigenvalue weighted by Crippen LogP contribution is -2.40. The first-order chi connectivity index (χ1) is 23.9. The molecule has 2 amide bonds. The van der Waals surface area contributed by atoms with Crippen molar-refractivity contribution in [1.82, 2.24) is 50.0 Å². The number of hydrogen-bond acceptors (Lipinski definition) is 14. The van der Waals surface area contributed by atoms with Crippen LogP contribution in [0.3, 0.4) is 0 Å². The zero-order chi connectivity index (χ0) is 33.9. The fourth-order valence-corrected chi connectivity index (χ4v) is 6.05. The van der Waals surface area contributed by atoms with Gasteiger partial charge in [-0.05, 0) is 42.7 Å². The molecule has 1 aromatic carbocycles. The molecule has 0 spiro atoms. The van der Waals surface area contributed by atoms with E-state index < -0.39 is 24.5 Å². The number of imidazole rings is 1. The minimum Gasteiger partial charge on any atom is -0.387 e. The van der Waals surface area contributed by atoms with Crippen LogP contribution in [-0.2, 0) is 17.7 Å². The average Bonchev–Trinajstić information content (AvgIpc) is 3.93. The molecule has 4 aromatic heterocycles. The molecule has 49 heavy (non-hydrogen) atoms. The van der Waals surface area contributed by atoms with Gasteiger partial charge in [0.2, 0.25) is 11.8 Å². The molecule has 5 aromatic rings. The number of anilines is 3. The van der Waals surface area contributed by atoms with E-state index in [1.165, 1.54) is 11.1 Å². The van der Waals surface area contributed by atoms with Gasteiger partial charge >= 0.3 is 6.03 Å². The number of nitrogens with one attached hydrogen (secondary N) is 2. The highest BCUT2D eigenvalue weighted by molar-refractivity contribution is 5.89. The van der Waals surface area contributed by atoms with Gasteiger partial charge in [0.15, 0.2) is 29.3 Å². The number of fused-ring (bicyclic) bond motifs is 1. The monoisotopic (exact) mass is 671 g/mol. The SMILES string of the molecule is CCn1nnc([C@H]2O[C@@H](n3cnc4c(N(CO)CCc5ccccc5)nc(N5CC[C@@H](NC(=O)Nc6cccnc6)C5)nc43)[C@H](O)[C@@H]2O)n1. The van der Waals surface area contributed by atoms with E-state index >= 15 is 0 Å². The number of aliphatic hydroxyl groups excluding tert-OH is 3. The van der Waals surface area contributed by atoms with Crippen molar-refractivity contribution in [2.45, 2.75) is 56.9 Å². The van der Waals surface area contributed by atoms with Crippen molar-refractivity contribution in [2.24, 2.45) is 0 Å². The highest BCUT2D eigenvalue weighted by atomic mass is 16.6. The summed E-state index contributed by atoms with van der Waals surface area (Å²) in [7, 11) is 0. The summed E-state index contributed by atoms with van der Waals surface area (Å²) in [5.74, 6) is 0.878. The minimum absolute atomic E-state index is 0.145. The van der Waals surface area contributed by atoms with Gasteiger partial charge in [-0.3, -0.25) is 9.55 Å². The molecule has 5 atom stereocenters. The van der Waals surface area contributed by atoms with Crippen LogP contribution in [0, 0.1) is 0 Å². The van der Waals surface area contributed by atoms with Gasteiger partial charge in [-0.15, -0.1) is 10.2 Å². The molecule has 0 aliphatic carbocycles. The van der Waals surface area contributed by atoms with Crippen LogP contribution in [-0.4, -0.2) is 111 Å². The number of ether oxygens (including phenoxy) is 1. The molecule has 2 aliphatic heterocycles. The second kappa shape index (κ2) is 14.0. The molecule has 0 unspecified atom stereocenters. The first kappa shape index (κ1) is 32.3. The Labute approximate surface area is 280 Å². The number of pyridine rings is 1. The van der Waals surface area contributed by atoms with Crippen molar-refractivity contribution in [3.05, 3.63) is 72.6 Å². The van der Waals surface area contributed by atoms with E-state index in [0.29, 0.717) is 67.6 Å². The molecular weight excluding hydrogens is 634 g/mol. The third kappa shape index (κ3) is 6.71. The fraction of sp³-hybridized carbons (Fsp3) is 0.419. The predicted octanol–water partition coefficient (Wildman–Crippen LogP) is 0.619. The second-order valence-electron chi connectivity index (χ2n) is 11.8. The Hall–Kier alpha value is -5.30. The number of tetrazole rings is 1. The van der Waals surface area contributed by atoms with Crippen LogP contribution >= 0.6 is 0 Å². The predicted molar refractivity (Wildman–Crippen MR) is 175 cm³/mol. The average molecular weight is 672 g/mol. The molecule has 18 nitrogen and oxygen atoms in total. The topological polar surface area (TPSA) is 218 Å². The van der Waals surface area contributed by atoms with E-state index in [4.69, 9.17) is 14.7 Å². The summed E-state index contributed by atoms with van der Waals surface area (Å²) in [6.45, 7) is 3.38. The molecule has 6 heterocycles. The number of aliphatic hydroxyl groups is 3. The highest BCUT2D eigenvalue weighted by Gasteiger charge is 2.47. The minimum atomic E-state index is -1.37. The van der Waals surface area contributed by atoms with E-state index in [0.717, 1.165) is 5.56 Å². The number of carbonyl (C=O) groups is 1. The fourth-order valence-electron chi connectivity index (χ4n) is 6.05. The molecule has 7 rings (SSSR count). The van der Waals surface area contributed by atoms with Crippen LogP contribution in [0.15, 0.2) is 61.2 Å². The summed E-state index contributed by atoms with van der Waals surface area (Å²) in [6, 6.07) is 12.8. The van der Waals surface area contributed by atoms with Crippen molar-refractivity contribution in [2.75, 3.05) is 41.5 Å². The summed E-state index contributed by atoms with van der Waals surface area (Å²) in [5.41, 5.74) is 2.37. The Morgan fingerprint density at radius 1 is 1.12 bits per heavy atom. The second-order valence-corrected chi connectivity index (χ2v) is 11.8. The Balaban J connectivity index is 1.18. The van der Waals surface area contributed by atoms with E-state index in [-0.39, 0.29) is 24.6 Å². The Kier molecular flexibility index (Phi) is 9.25. The number of aromatic nitrogens is 9. The third-order valence-electron chi connectivity index (χ3n) is 8.62. The van der Waals surface area contributed by atoms with Crippen LogP contribution in [0.25, 0.3) is 11.2 Å². The third-order valence-corrected chi connectivity index (χ3v) is 8.62. The molecule has 0 radical (unpaired) electrons. The maximum atomic E-state index is 12.7. The Morgan fingerprint density at radius 3 is 2.73 bits per heavy atom. The van der Waals surface area contributed by atoms with Crippen molar-refractivity contribution in [3.8, 4) is 0 Å². The zero-order valence-electron chi connectivity index (χ0n) is 26.7. The number of aryl methyl sites for hydroxylation is 1. The largest absolute Gasteiger partial charge is 0.387 e. The smallest absolute Gasteiger partial charge is 0.319 e. The number of nitrogens with zero attached hydrogens (tertiary/aromatic N) is 11. The molecular formula is C31H37N13O5. The van der Waals surface area contributed by atoms with Gasteiger partial charge in [0.1, 0.15) is 18.9 Å². The summed E-state index contributed by atoms with van der Waals surface area (Å²) < 4.78 is 7.68. The highest BCUT2D eigenvalue weighted by Crippen LogP contribution is 2.39. The first-order valence-electron chi connectivity index (χ1n) is 16.1. The van der Waals surface area contributed by atoms with Crippen LogP contribution < -0.4 is 20.4 Å². The molecule has 2 saturated heterocycles. The zero-order valence-corrected chi connectivity index (χ0v) is 26.7. The first-order valence-corrected chi connectivity index (χ1v) is 16.1. The number of benzene rings is 1. The van der Waals surface area contributed by atoms with Gasteiger partial charge in [-0.1, -0.05) is 30.3 Å². The molecule has 256 valence electrons. The molecule has 5 N–H and O–H groups in total. The number of carbonyl (C=O) groups excluding carboxylic acids is 1. The molecule has 18 heteroatoms. The number of rotatable bonds is 11. The van der Waals surface area contributed by atoms with Crippen molar-refractivity contribution >= 4 is 34.6 Å². The van der Waals surface area contributed by atoms with E-state index in [1.807, 2.05) is 42.2 Å². The molecule has 0 saturated carbocycles. The van der Waals surface area contributed by atoms with Gasteiger partial charge in [-0.25, -0.2) is 9.78 Å². The maximum Gasteiger partial charge on any atom is 0.319 e. The number of amides is 2. The van der Waals surface area contributed by atoms with Crippen LogP contribution in [0.1, 0.15) is 37.1 Å².